The molecule has 72 valence electrons. The molecule has 14 heavy (non-hydrogen) atoms. The summed E-state index contributed by atoms with van der Waals surface area (Å²) in [5.74, 6) is -0.333. The Morgan fingerprint density at radius 1 is 1.57 bits per heavy atom. The molecule has 2 rings (SSSR count). The molecule has 0 atom stereocenters. The number of benzene rings is 1. The largest absolute Gasteiger partial charge is 0.369 e. The van der Waals surface area contributed by atoms with Crippen LogP contribution in [0.1, 0.15) is 5.56 Å². The minimum Gasteiger partial charge on any atom is -0.369 e. The van der Waals surface area contributed by atoms with Crippen LogP contribution in [0, 0.1) is 0 Å². The molecule has 2 N–H and O–H groups in total. The highest BCUT2D eigenvalue weighted by atomic mass is 35.5. The quantitative estimate of drug-likeness (QED) is 0.851. The summed E-state index contributed by atoms with van der Waals surface area (Å²) in [6, 6.07) is 5.57. The third-order valence-electron chi connectivity index (χ3n) is 1.81. The van der Waals surface area contributed by atoms with E-state index in [2.05, 4.69) is 4.98 Å². The Hall–Kier alpha value is -1.13. The van der Waals surface area contributed by atoms with E-state index in [0.717, 1.165) is 15.8 Å². The monoisotopic (exact) mass is 226 g/mol. The van der Waals surface area contributed by atoms with Crippen LogP contribution in [-0.2, 0) is 11.2 Å². The van der Waals surface area contributed by atoms with E-state index >= 15 is 0 Å². The second kappa shape index (κ2) is 3.55. The molecule has 0 fully saturated rings. The molecule has 1 aromatic heterocycles. The van der Waals surface area contributed by atoms with Crippen molar-refractivity contribution in [2.75, 3.05) is 0 Å². The third kappa shape index (κ3) is 1.86. The van der Waals surface area contributed by atoms with Gasteiger partial charge >= 0.3 is 0 Å². The van der Waals surface area contributed by atoms with E-state index < -0.39 is 0 Å². The highest BCUT2D eigenvalue weighted by Gasteiger charge is 2.04. The average molecular weight is 227 g/mol. The molecular formula is C9H7ClN2OS. The first-order valence-corrected chi connectivity index (χ1v) is 5.18. The maximum atomic E-state index is 10.7. The molecule has 1 aromatic carbocycles. The van der Waals surface area contributed by atoms with Crippen LogP contribution in [-0.4, -0.2) is 10.9 Å². The van der Waals surface area contributed by atoms with Crippen molar-refractivity contribution >= 4 is 39.1 Å². The molecule has 0 unspecified atom stereocenters. The summed E-state index contributed by atoms with van der Waals surface area (Å²) in [5.41, 5.74) is 6.85. The van der Waals surface area contributed by atoms with Crippen LogP contribution < -0.4 is 5.73 Å². The molecule has 0 radical (unpaired) electrons. The van der Waals surface area contributed by atoms with Crippen LogP contribution in [0.3, 0.4) is 0 Å². The van der Waals surface area contributed by atoms with E-state index in [4.69, 9.17) is 17.3 Å². The molecule has 3 nitrogen and oxygen atoms in total. The molecule has 1 heterocycles. The Bertz CT molecular complexity index is 495. The number of primary amides is 1. The van der Waals surface area contributed by atoms with Gasteiger partial charge in [-0.25, -0.2) is 4.98 Å². The molecule has 0 saturated carbocycles. The van der Waals surface area contributed by atoms with Crippen LogP contribution >= 0.6 is 22.9 Å². The second-order valence-corrected chi connectivity index (χ2v) is 4.52. The Morgan fingerprint density at radius 2 is 2.36 bits per heavy atom. The zero-order chi connectivity index (χ0) is 10.1. The van der Waals surface area contributed by atoms with Crippen molar-refractivity contribution in [2.24, 2.45) is 5.73 Å². The lowest BCUT2D eigenvalue weighted by Gasteiger charge is -1.96. The Balaban J connectivity index is 2.45. The lowest BCUT2D eigenvalue weighted by Crippen LogP contribution is -2.13. The zero-order valence-electron chi connectivity index (χ0n) is 7.16. The van der Waals surface area contributed by atoms with Crippen molar-refractivity contribution in [1.29, 1.82) is 0 Å². The average Bonchev–Trinajstić information content (AvgIpc) is 2.42. The number of thiazole rings is 1. The lowest BCUT2D eigenvalue weighted by atomic mass is 10.1. The number of aromatic nitrogens is 1. The molecule has 0 aliphatic heterocycles. The van der Waals surface area contributed by atoms with Gasteiger partial charge in [-0.3, -0.25) is 4.79 Å². The topological polar surface area (TPSA) is 56.0 Å². The van der Waals surface area contributed by atoms with Gasteiger partial charge in [0.25, 0.3) is 0 Å². The van der Waals surface area contributed by atoms with Crippen LogP contribution in [0.25, 0.3) is 10.2 Å². The molecule has 0 saturated heterocycles. The highest BCUT2D eigenvalue weighted by molar-refractivity contribution is 7.22. The van der Waals surface area contributed by atoms with E-state index in [0.29, 0.717) is 4.47 Å². The lowest BCUT2D eigenvalue weighted by molar-refractivity contribution is -0.117. The minimum atomic E-state index is -0.333. The number of nitrogens with two attached hydrogens (primary N) is 1. The number of hydrogen-bond donors (Lipinski definition) is 1. The van der Waals surface area contributed by atoms with Gasteiger partial charge in [0.05, 0.1) is 16.6 Å². The maximum Gasteiger partial charge on any atom is 0.221 e. The molecule has 5 heteroatoms. The van der Waals surface area contributed by atoms with Crippen LogP contribution in [0.5, 0.6) is 0 Å². The first kappa shape index (κ1) is 9.43. The molecule has 0 bridgehead atoms. The number of nitrogens with zero attached hydrogens (tertiary/aromatic N) is 1. The fourth-order valence-electron chi connectivity index (χ4n) is 1.25. The summed E-state index contributed by atoms with van der Waals surface area (Å²) in [6.07, 6.45) is 0.255. The van der Waals surface area contributed by atoms with Crippen molar-refractivity contribution in [3.63, 3.8) is 0 Å². The first-order valence-electron chi connectivity index (χ1n) is 3.98. The summed E-state index contributed by atoms with van der Waals surface area (Å²) in [7, 11) is 0. The molecule has 2 aromatic rings. The van der Waals surface area contributed by atoms with Gasteiger partial charge in [0, 0.05) is 0 Å². The van der Waals surface area contributed by atoms with Crippen molar-refractivity contribution in [2.45, 2.75) is 6.42 Å². The molecule has 0 aliphatic rings. The molecule has 0 spiro atoms. The number of halogens is 1. The number of amides is 1. The van der Waals surface area contributed by atoms with Gasteiger partial charge in [0.2, 0.25) is 5.91 Å². The minimum absolute atomic E-state index is 0.255. The maximum absolute atomic E-state index is 10.7. The Labute approximate surface area is 89.5 Å². The Kier molecular flexibility index (Phi) is 2.39. The van der Waals surface area contributed by atoms with Crippen LogP contribution in [0.2, 0.25) is 4.47 Å². The normalized spacial score (nSPS) is 10.6. The van der Waals surface area contributed by atoms with E-state index in [9.17, 15) is 4.79 Å². The standard InChI is InChI=1S/C9H7ClN2OS/c10-9-12-6-2-1-5(4-8(11)13)3-7(6)14-9/h1-3H,4H2,(H2,11,13). The van der Waals surface area contributed by atoms with Gasteiger partial charge in [-0.2, -0.15) is 0 Å². The number of fused-ring (bicyclic) bond motifs is 1. The Morgan fingerprint density at radius 3 is 3.07 bits per heavy atom. The predicted octanol–water partition coefficient (Wildman–Crippen LogP) is 1.98. The van der Waals surface area contributed by atoms with Crippen molar-refractivity contribution < 1.29 is 4.79 Å². The van der Waals surface area contributed by atoms with Crippen LogP contribution in [0.4, 0.5) is 0 Å². The molecule has 1 amide bonds. The second-order valence-electron chi connectivity index (χ2n) is 2.91. The fraction of sp³-hybridized carbons (Fsp3) is 0.111. The van der Waals surface area contributed by atoms with Gasteiger partial charge in [0.15, 0.2) is 4.47 Å². The first-order chi connectivity index (χ1) is 6.65. The van der Waals surface area contributed by atoms with Crippen molar-refractivity contribution in [3.8, 4) is 0 Å². The number of hydrogen-bond acceptors (Lipinski definition) is 3. The van der Waals surface area contributed by atoms with Gasteiger partial charge in [0.1, 0.15) is 0 Å². The molecular weight excluding hydrogens is 220 g/mol. The summed E-state index contributed by atoms with van der Waals surface area (Å²) < 4.78 is 1.49. The third-order valence-corrected chi connectivity index (χ3v) is 2.93. The number of carbonyl (C=O) groups excluding carboxylic acids is 1. The number of rotatable bonds is 2. The SMILES string of the molecule is NC(=O)Cc1ccc2nc(Cl)sc2c1. The smallest absolute Gasteiger partial charge is 0.221 e. The van der Waals surface area contributed by atoms with E-state index in [-0.39, 0.29) is 12.3 Å². The highest BCUT2D eigenvalue weighted by Crippen LogP contribution is 2.26. The van der Waals surface area contributed by atoms with Crippen molar-refractivity contribution in [3.05, 3.63) is 28.2 Å². The van der Waals surface area contributed by atoms with Gasteiger partial charge in [-0.15, -0.1) is 11.3 Å². The van der Waals surface area contributed by atoms with Crippen molar-refractivity contribution in [1.82, 2.24) is 4.98 Å². The predicted molar refractivity (Wildman–Crippen MR) is 57.5 cm³/mol. The summed E-state index contributed by atoms with van der Waals surface area (Å²) in [5, 5.41) is 0. The van der Waals surface area contributed by atoms with Gasteiger partial charge < -0.3 is 5.73 Å². The number of carbonyl (C=O) groups is 1. The zero-order valence-corrected chi connectivity index (χ0v) is 8.73. The van der Waals surface area contributed by atoms with Gasteiger partial charge in [-0.05, 0) is 17.7 Å². The summed E-state index contributed by atoms with van der Waals surface area (Å²) in [6.45, 7) is 0. The molecule has 0 aliphatic carbocycles. The fourth-order valence-corrected chi connectivity index (χ4v) is 2.35. The van der Waals surface area contributed by atoms with E-state index in [1.165, 1.54) is 11.3 Å². The van der Waals surface area contributed by atoms with E-state index in [1.54, 1.807) is 0 Å². The van der Waals surface area contributed by atoms with E-state index in [1.807, 2.05) is 18.2 Å². The van der Waals surface area contributed by atoms with Crippen LogP contribution in [0.15, 0.2) is 18.2 Å². The summed E-state index contributed by atoms with van der Waals surface area (Å²) >= 11 is 7.15. The van der Waals surface area contributed by atoms with Gasteiger partial charge in [-0.1, -0.05) is 17.7 Å². The summed E-state index contributed by atoms with van der Waals surface area (Å²) in [4.78, 5) is 14.8.